The van der Waals surface area contributed by atoms with Crippen molar-refractivity contribution in [3.63, 3.8) is 0 Å². The topological polar surface area (TPSA) is 172 Å². The third-order valence-corrected chi connectivity index (χ3v) is 15.5. The Morgan fingerprint density at radius 1 is 0.891 bits per heavy atom. The number of ketones is 1. The summed E-state index contributed by atoms with van der Waals surface area (Å²) in [6.45, 7) is 18.2. The quantitative estimate of drug-likeness (QED) is 0.232. The zero-order valence-electron chi connectivity index (χ0n) is 40.2. The SMILES string of the molecule is CC[C@H]1OC(=O)[C@H](C)C(OC2CC(C)(OC)C(O)[C@H](C)O2)[C@H](C)C(OC2O[C@H](C)CC(N(C)C)C2O)C(C)(OC)CC(C)C(=O)C(C)C2N(CCc3ccc(Cl)c(Cl)c3)C(=O)OC21C. The molecule has 364 valence electrons. The fourth-order valence-electron chi connectivity index (χ4n) is 10.8. The van der Waals surface area contributed by atoms with E-state index in [1.807, 2.05) is 59.7 Å². The van der Waals surface area contributed by atoms with Gasteiger partial charge in [-0.25, -0.2) is 4.79 Å². The lowest BCUT2D eigenvalue weighted by Gasteiger charge is -2.50. The lowest BCUT2D eigenvalue weighted by Crippen LogP contribution is -2.61. The number of likely N-dealkylation sites (N-methyl/N-ethyl adjacent to an activating group) is 1. The van der Waals surface area contributed by atoms with Crippen molar-refractivity contribution in [2.45, 2.75) is 186 Å². The van der Waals surface area contributed by atoms with E-state index in [-0.39, 0.29) is 43.7 Å². The summed E-state index contributed by atoms with van der Waals surface area (Å²) >= 11 is 12.6. The van der Waals surface area contributed by atoms with Gasteiger partial charge in [0.25, 0.3) is 0 Å². The molecule has 0 bridgehead atoms. The first-order valence-electron chi connectivity index (χ1n) is 22.8. The first-order valence-corrected chi connectivity index (χ1v) is 23.5. The highest BCUT2D eigenvalue weighted by atomic mass is 35.5. The number of esters is 1. The number of nitrogens with zero attached hydrogens (tertiary/aromatic N) is 2. The number of ether oxygens (including phenoxy) is 8. The van der Waals surface area contributed by atoms with E-state index >= 15 is 4.79 Å². The van der Waals surface area contributed by atoms with Gasteiger partial charge in [0.1, 0.15) is 24.1 Å². The Morgan fingerprint density at radius 2 is 1.55 bits per heavy atom. The van der Waals surface area contributed by atoms with Crippen molar-refractivity contribution in [2.75, 3.05) is 34.9 Å². The van der Waals surface area contributed by atoms with Gasteiger partial charge in [-0.05, 0) is 99.0 Å². The molecule has 17 heteroatoms. The van der Waals surface area contributed by atoms with Gasteiger partial charge in [-0.2, -0.15) is 0 Å². The fraction of sp³-hybridized carbons (Fsp3) is 0.809. The summed E-state index contributed by atoms with van der Waals surface area (Å²) in [6.07, 6.45) is -7.29. The molecular formula is C47H74Cl2N2O13. The van der Waals surface area contributed by atoms with Gasteiger partial charge in [0, 0.05) is 51.0 Å². The van der Waals surface area contributed by atoms with Crippen LogP contribution >= 0.6 is 23.2 Å². The van der Waals surface area contributed by atoms with E-state index in [1.165, 1.54) is 14.2 Å². The van der Waals surface area contributed by atoms with Crippen LogP contribution in [0.5, 0.6) is 0 Å². The average molecular weight is 946 g/mol. The summed E-state index contributed by atoms with van der Waals surface area (Å²) < 4.78 is 51.4. The minimum Gasteiger partial charge on any atom is -0.458 e. The maximum atomic E-state index is 15.0. The number of cyclic esters (lactones) is 1. The van der Waals surface area contributed by atoms with Gasteiger partial charge in [-0.1, -0.05) is 57.0 Å². The highest BCUT2D eigenvalue weighted by Crippen LogP contribution is 2.45. The van der Waals surface area contributed by atoms with Crippen molar-refractivity contribution in [1.29, 1.82) is 0 Å². The first-order chi connectivity index (χ1) is 29.9. The number of methoxy groups -OCH3 is 2. The second kappa shape index (κ2) is 21.0. The van der Waals surface area contributed by atoms with E-state index in [2.05, 4.69) is 0 Å². The molecule has 1 aromatic rings. The van der Waals surface area contributed by atoms with Crippen LogP contribution in [0.4, 0.5) is 4.79 Å². The molecule has 2 N–H and O–H groups in total. The summed E-state index contributed by atoms with van der Waals surface area (Å²) in [5, 5.41) is 23.7. The second-order valence-electron chi connectivity index (χ2n) is 19.6. The van der Waals surface area contributed by atoms with Crippen LogP contribution in [0.1, 0.15) is 100 Å². The molecule has 13 unspecified atom stereocenters. The van der Waals surface area contributed by atoms with Crippen LogP contribution in [-0.4, -0.2) is 157 Å². The van der Waals surface area contributed by atoms with Crippen LogP contribution in [0.2, 0.25) is 10.0 Å². The summed E-state index contributed by atoms with van der Waals surface area (Å²) in [6, 6.07) is 4.11. The molecule has 4 heterocycles. The molecule has 18 atom stereocenters. The smallest absolute Gasteiger partial charge is 0.410 e. The third kappa shape index (κ3) is 10.8. The fourth-order valence-corrected chi connectivity index (χ4v) is 11.1. The Bertz CT molecular complexity index is 1790. The zero-order chi connectivity index (χ0) is 47.8. The number of aliphatic hydroxyl groups is 2. The number of benzene rings is 1. The number of fused-ring (bicyclic) bond motifs is 1. The van der Waals surface area contributed by atoms with Crippen LogP contribution in [0.25, 0.3) is 0 Å². The van der Waals surface area contributed by atoms with Crippen molar-refractivity contribution in [1.82, 2.24) is 9.80 Å². The van der Waals surface area contributed by atoms with Gasteiger partial charge in [-0.15, -0.1) is 0 Å². The van der Waals surface area contributed by atoms with Crippen LogP contribution in [0, 0.1) is 23.7 Å². The lowest BCUT2D eigenvalue weighted by atomic mass is 9.73. The summed E-state index contributed by atoms with van der Waals surface area (Å²) in [5.74, 6) is -4.03. The molecule has 0 spiro atoms. The summed E-state index contributed by atoms with van der Waals surface area (Å²) in [7, 11) is 6.83. The van der Waals surface area contributed by atoms with E-state index in [0.29, 0.717) is 22.9 Å². The Morgan fingerprint density at radius 3 is 2.14 bits per heavy atom. The van der Waals surface area contributed by atoms with E-state index in [9.17, 15) is 19.8 Å². The van der Waals surface area contributed by atoms with Crippen molar-refractivity contribution in [2.24, 2.45) is 23.7 Å². The molecule has 5 rings (SSSR count). The van der Waals surface area contributed by atoms with Gasteiger partial charge in [0.2, 0.25) is 0 Å². The monoisotopic (exact) mass is 944 g/mol. The number of hydrogen-bond acceptors (Lipinski definition) is 14. The maximum absolute atomic E-state index is 15.0. The first kappa shape index (κ1) is 52.8. The highest BCUT2D eigenvalue weighted by Gasteiger charge is 2.61. The minimum atomic E-state index is -1.46. The predicted octanol–water partition coefficient (Wildman–Crippen LogP) is 6.46. The van der Waals surface area contributed by atoms with E-state index in [1.54, 1.807) is 51.7 Å². The number of rotatable bonds is 11. The highest BCUT2D eigenvalue weighted by molar-refractivity contribution is 6.42. The normalized spacial score (nSPS) is 42.8. The molecule has 64 heavy (non-hydrogen) atoms. The molecule has 1 aromatic carbocycles. The van der Waals surface area contributed by atoms with E-state index < -0.39 is 108 Å². The molecule has 1 amide bonds. The Kier molecular flexibility index (Phi) is 17.3. The number of carbonyl (C=O) groups is 3. The Labute approximate surface area is 389 Å². The van der Waals surface area contributed by atoms with E-state index in [4.69, 9.17) is 61.1 Å². The molecule has 4 aliphatic heterocycles. The number of aliphatic hydroxyl groups excluding tert-OH is 2. The molecule has 4 fully saturated rings. The van der Waals surface area contributed by atoms with Gasteiger partial charge < -0.3 is 53.0 Å². The van der Waals surface area contributed by atoms with Crippen LogP contribution in [0.3, 0.4) is 0 Å². The Hall–Kier alpha value is -2.15. The summed E-state index contributed by atoms with van der Waals surface area (Å²) in [5.41, 5.74) is -2.95. The largest absolute Gasteiger partial charge is 0.458 e. The molecule has 4 aliphatic rings. The van der Waals surface area contributed by atoms with Crippen molar-refractivity contribution in [3.8, 4) is 0 Å². The number of amides is 1. The maximum Gasteiger partial charge on any atom is 0.410 e. The van der Waals surface area contributed by atoms with Gasteiger partial charge in [0.05, 0.1) is 57.6 Å². The van der Waals surface area contributed by atoms with Crippen molar-refractivity contribution < 1.29 is 62.5 Å². The van der Waals surface area contributed by atoms with Crippen molar-refractivity contribution >= 4 is 41.0 Å². The van der Waals surface area contributed by atoms with Crippen LogP contribution in [0.15, 0.2) is 18.2 Å². The van der Waals surface area contributed by atoms with Gasteiger partial charge in [0.15, 0.2) is 18.2 Å². The van der Waals surface area contributed by atoms with Crippen LogP contribution in [-0.2, 0) is 53.9 Å². The number of Topliss-reactive ketones (excluding diaryl/α,β-unsaturated/α-hetero) is 1. The van der Waals surface area contributed by atoms with Crippen molar-refractivity contribution in [3.05, 3.63) is 33.8 Å². The minimum absolute atomic E-state index is 0.119. The molecule has 4 saturated heterocycles. The Balaban J connectivity index is 1.63. The van der Waals surface area contributed by atoms with Crippen LogP contribution < -0.4 is 0 Å². The second-order valence-corrected chi connectivity index (χ2v) is 20.5. The molecule has 0 radical (unpaired) electrons. The molecular weight excluding hydrogens is 871 g/mol. The van der Waals surface area contributed by atoms with Gasteiger partial charge >= 0.3 is 12.1 Å². The predicted molar refractivity (Wildman–Crippen MR) is 240 cm³/mol. The molecule has 0 aliphatic carbocycles. The standard InChI is InChI=1S/C47H74Cl2N2O13/c1-15-34-47(10)39(51(44(56)64-47)19-18-30-16-17-31(48)32(49)21-30)26(4)36(52)24(2)22-46(9,58-14)41(63-43-37(53)33(50(11)12)20-25(3)59-43)27(5)38(28(6)42(55)61-34)62-35-23-45(8,57-13)40(54)29(7)60-35/h16-17,21,24-29,33-35,37-41,43,53-54H,15,18-20,22-23H2,1-14H3/t24?,25-,26?,27+,28-,29+,33?,34-,35?,37?,38?,39?,40?,41?,43?,45?,46?,47?/m1/s1. The average Bonchev–Trinajstić information content (AvgIpc) is 3.51. The zero-order valence-corrected chi connectivity index (χ0v) is 41.7. The van der Waals surface area contributed by atoms with E-state index in [0.717, 1.165) is 5.56 Å². The molecule has 0 aromatic heterocycles. The summed E-state index contributed by atoms with van der Waals surface area (Å²) in [4.78, 5) is 47.5. The number of hydrogen-bond donors (Lipinski definition) is 2. The third-order valence-electron chi connectivity index (χ3n) is 14.7. The molecule has 15 nitrogen and oxygen atoms in total. The number of halogens is 2. The number of carbonyl (C=O) groups excluding carboxylic acids is 3. The lowest BCUT2D eigenvalue weighted by molar-refractivity contribution is -0.319. The van der Waals surface area contributed by atoms with Gasteiger partial charge in [-0.3, -0.25) is 14.5 Å². The molecule has 0 saturated carbocycles.